The van der Waals surface area contributed by atoms with Crippen molar-refractivity contribution in [2.24, 2.45) is 5.92 Å². The van der Waals surface area contributed by atoms with Gasteiger partial charge in [-0.15, -0.1) is 0 Å². The molecule has 0 spiro atoms. The molecule has 8 heteroatoms. The molecule has 3 heterocycles. The number of rotatable bonds is 7. The first-order valence-electron chi connectivity index (χ1n) is 10.4. The van der Waals surface area contributed by atoms with Gasteiger partial charge in [0.05, 0.1) is 5.69 Å². The fourth-order valence-electron chi connectivity index (χ4n) is 3.27. The third-order valence-electron chi connectivity index (χ3n) is 4.89. The second kappa shape index (κ2) is 9.38. The molecule has 0 fully saturated rings. The molecule has 0 bridgehead atoms. The topological polar surface area (TPSA) is 98.7 Å². The summed E-state index contributed by atoms with van der Waals surface area (Å²) in [4.78, 5) is 21.2. The van der Waals surface area contributed by atoms with E-state index < -0.39 is 0 Å². The highest BCUT2D eigenvalue weighted by atomic mass is 16.5. The minimum atomic E-state index is -0.377. The highest BCUT2D eigenvalue weighted by Gasteiger charge is 2.23. The molecule has 0 aliphatic heterocycles. The van der Waals surface area contributed by atoms with Gasteiger partial charge in [0.1, 0.15) is 11.7 Å². The molecule has 0 aliphatic rings. The molecule has 1 aromatic carbocycles. The third kappa shape index (κ3) is 4.80. The van der Waals surface area contributed by atoms with E-state index in [1.54, 1.807) is 30.1 Å². The second-order valence-corrected chi connectivity index (χ2v) is 7.70. The summed E-state index contributed by atoms with van der Waals surface area (Å²) in [6, 6.07) is 13.2. The van der Waals surface area contributed by atoms with Crippen LogP contribution in [0.2, 0.25) is 0 Å². The van der Waals surface area contributed by atoms with E-state index in [9.17, 15) is 4.79 Å². The van der Waals surface area contributed by atoms with E-state index in [1.807, 2.05) is 62.5 Å². The van der Waals surface area contributed by atoms with Crippen LogP contribution in [-0.4, -0.2) is 30.8 Å². The number of aryl methyl sites for hydroxylation is 1. The first-order valence-corrected chi connectivity index (χ1v) is 10.4. The highest BCUT2D eigenvalue weighted by molar-refractivity contribution is 5.93. The number of hydrogen-bond acceptors (Lipinski definition) is 6. The van der Waals surface area contributed by atoms with Crippen molar-refractivity contribution >= 4 is 12.0 Å². The number of nitrogens with one attached hydrogen (secondary N) is 1. The summed E-state index contributed by atoms with van der Waals surface area (Å²) in [5.74, 6) is 0.750. The summed E-state index contributed by atoms with van der Waals surface area (Å²) in [5, 5.41) is 11.5. The number of nitrogens with zero attached hydrogens (tertiary/aromatic N) is 5. The molecule has 0 saturated carbocycles. The number of hydrogen-bond donors (Lipinski definition) is 1. The van der Waals surface area contributed by atoms with Gasteiger partial charge in [0.25, 0.3) is 0 Å². The van der Waals surface area contributed by atoms with Crippen molar-refractivity contribution in [2.45, 2.75) is 26.8 Å². The van der Waals surface area contributed by atoms with Crippen molar-refractivity contribution in [3.8, 4) is 16.9 Å². The molecular weight excluding hydrogens is 404 g/mol. The van der Waals surface area contributed by atoms with Crippen LogP contribution in [0.5, 0.6) is 0 Å². The summed E-state index contributed by atoms with van der Waals surface area (Å²) in [6.45, 7) is 5.72. The molecule has 32 heavy (non-hydrogen) atoms. The Balaban J connectivity index is 1.61. The van der Waals surface area contributed by atoms with E-state index in [0.29, 0.717) is 11.7 Å². The van der Waals surface area contributed by atoms with Crippen LogP contribution in [0.4, 0.5) is 0 Å². The largest absolute Gasteiger partial charge is 0.340 e. The van der Waals surface area contributed by atoms with E-state index >= 15 is 0 Å². The van der Waals surface area contributed by atoms with Gasteiger partial charge >= 0.3 is 0 Å². The van der Waals surface area contributed by atoms with Crippen LogP contribution in [0, 0.1) is 12.8 Å². The van der Waals surface area contributed by atoms with Crippen LogP contribution >= 0.6 is 0 Å². The second-order valence-electron chi connectivity index (χ2n) is 7.70. The van der Waals surface area contributed by atoms with Gasteiger partial charge in [-0.1, -0.05) is 37.2 Å². The van der Waals surface area contributed by atoms with Crippen molar-refractivity contribution in [3.05, 3.63) is 84.4 Å². The predicted octanol–water partition coefficient (Wildman–Crippen LogP) is 4.15. The minimum absolute atomic E-state index is 0.0824. The molecule has 1 N–H and O–H groups in total. The zero-order valence-corrected chi connectivity index (χ0v) is 18.1. The molecule has 0 radical (unpaired) electrons. The molecule has 3 aromatic heterocycles. The number of benzene rings is 1. The third-order valence-corrected chi connectivity index (χ3v) is 4.89. The van der Waals surface area contributed by atoms with Crippen molar-refractivity contribution in [2.75, 3.05) is 0 Å². The summed E-state index contributed by atoms with van der Waals surface area (Å²) >= 11 is 0. The standard InChI is InChI=1S/C24H24N6O2/c1-16(2)22(24-26-17(3)29-32-24)27-21(31)12-11-19-15-30(20-9-5-4-6-10-20)28-23(19)18-8-7-13-25-14-18/h4-16,22H,1-3H3,(H,27,31)/b12-11+. The Morgan fingerprint density at radius 2 is 1.97 bits per heavy atom. The monoisotopic (exact) mass is 428 g/mol. The van der Waals surface area contributed by atoms with E-state index in [2.05, 4.69) is 20.4 Å². The fraction of sp³-hybridized carbons (Fsp3) is 0.208. The Morgan fingerprint density at radius 1 is 1.16 bits per heavy atom. The zero-order chi connectivity index (χ0) is 22.5. The van der Waals surface area contributed by atoms with Crippen LogP contribution < -0.4 is 5.32 Å². The lowest BCUT2D eigenvalue weighted by atomic mass is 10.0. The summed E-state index contributed by atoms with van der Waals surface area (Å²) in [6.07, 6.45) is 8.60. The number of aromatic nitrogens is 5. The molecule has 1 atom stereocenters. The van der Waals surface area contributed by atoms with Gasteiger partial charge in [-0.3, -0.25) is 9.78 Å². The number of amides is 1. The minimum Gasteiger partial charge on any atom is -0.340 e. The van der Waals surface area contributed by atoms with E-state index in [1.165, 1.54) is 6.08 Å². The average molecular weight is 428 g/mol. The Hall–Kier alpha value is -4.07. The van der Waals surface area contributed by atoms with Gasteiger partial charge in [-0.25, -0.2) is 4.68 Å². The van der Waals surface area contributed by atoms with Crippen LogP contribution in [0.15, 0.2) is 71.7 Å². The van der Waals surface area contributed by atoms with Crippen LogP contribution in [-0.2, 0) is 4.79 Å². The number of carbonyl (C=O) groups excluding carboxylic acids is 1. The van der Waals surface area contributed by atoms with Crippen molar-refractivity contribution in [1.82, 2.24) is 30.2 Å². The first-order chi connectivity index (χ1) is 15.5. The van der Waals surface area contributed by atoms with Gasteiger partial charge in [0.15, 0.2) is 5.82 Å². The smallest absolute Gasteiger partial charge is 0.249 e. The molecule has 1 amide bonds. The zero-order valence-electron chi connectivity index (χ0n) is 18.1. The van der Waals surface area contributed by atoms with Crippen LogP contribution in [0.3, 0.4) is 0 Å². The van der Waals surface area contributed by atoms with Crippen molar-refractivity contribution < 1.29 is 9.32 Å². The number of para-hydroxylation sites is 1. The van der Waals surface area contributed by atoms with Gasteiger partial charge in [-0.2, -0.15) is 10.1 Å². The SMILES string of the molecule is Cc1noc(C(NC(=O)/C=C/c2cn(-c3ccccc3)nc2-c2cccnc2)C(C)C)n1. The Morgan fingerprint density at radius 3 is 2.62 bits per heavy atom. The van der Waals surface area contributed by atoms with E-state index in [0.717, 1.165) is 22.5 Å². The summed E-state index contributed by atoms with van der Waals surface area (Å²) in [5.41, 5.74) is 3.32. The fourth-order valence-corrected chi connectivity index (χ4v) is 3.27. The van der Waals surface area contributed by atoms with Gasteiger partial charge < -0.3 is 9.84 Å². The highest BCUT2D eigenvalue weighted by Crippen LogP contribution is 2.24. The lowest BCUT2D eigenvalue weighted by Crippen LogP contribution is -2.30. The predicted molar refractivity (Wildman–Crippen MR) is 121 cm³/mol. The van der Waals surface area contributed by atoms with E-state index in [-0.39, 0.29) is 17.9 Å². The normalized spacial score (nSPS) is 12.4. The molecule has 0 aliphatic carbocycles. The molecular formula is C24H24N6O2. The number of carbonyl (C=O) groups is 1. The molecule has 162 valence electrons. The average Bonchev–Trinajstić information content (AvgIpc) is 3.43. The lowest BCUT2D eigenvalue weighted by molar-refractivity contribution is -0.117. The number of pyridine rings is 1. The first kappa shape index (κ1) is 21.2. The maximum absolute atomic E-state index is 12.7. The lowest BCUT2D eigenvalue weighted by Gasteiger charge is -2.17. The quantitative estimate of drug-likeness (QED) is 0.444. The van der Waals surface area contributed by atoms with Crippen molar-refractivity contribution in [1.29, 1.82) is 0 Å². The van der Waals surface area contributed by atoms with E-state index in [4.69, 9.17) is 9.62 Å². The molecule has 4 aromatic rings. The summed E-state index contributed by atoms with van der Waals surface area (Å²) < 4.78 is 7.05. The van der Waals surface area contributed by atoms with Gasteiger partial charge in [-0.05, 0) is 43.2 Å². The van der Waals surface area contributed by atoms with Crippen molar-refractivity contribution in [3.63, 3.8) is 0 Å². The van der Waals surface area contributed by atoms with Gasteiger partial charge in [0, 0.05) is 35.8 Å². The molecule has 8 nitrogen and oxygen atoms in total. The molecule has 4 rings (SSSR count). The summed E-state index contributed by atoms with van der Waals surface area (Å²) in [7, 11) is 0. The Bertz CT molecular complexity index is 1210. The maximum Gasteiger partial charge on any atom is 0.249 e. The Kier molecular flexibility index (Phi) is 6.21. The Labute approximate surface area is 186 Å². The molecule has 1 unspecified atom stereocenters. The maximum atomic E-state index is 12.7. The van der Waals surface area contributed by atoms with Gasteiger partial charge in [0.2, 0.25) is 11.8 Å². The van der Waals surface area contributed by atoms with Crippen LogP contribution in [0.25, 0.3) is 23.0 Å². The molecule has 0 saturated heterocycles. The van der Waals surface area contributed by atoms with Crippen LogP contribution in [0.1, 0.15) is 37.2 Å².